The number of hydrogen-bond acceptors (Lipinski definition) is 3. The Morgan fingerprint density at radius 2 is 2.00 bits per heavy atom. The second-order valence-electron chi connectivity index (χ2n) is 4.57. The van der Waals surface area contributed by atoms with Crippen LogP contribution < -0.4 is 0 Å². The van der Waals surface area contributed by atoms with Gasteiger partial charge >= 0.3 is 0 Å². The van der Waals surface area contributed by atoms with Crippen LogP contribution in [0.2, 0.25) is 0 Å². The van der Waals surface area contributed by atoms with Gasteiger partial charge < -0.3 is 10.2 Å². The molecule has 0 aromatic heterocycles. The Morgan fingerprint density at radius 3 is 2.56 bits per heavy atom. The van der Waals surface area contributed by atoms with Crippen LogP contribution in [0.1, 0.15) is 25.8 Å². The quantitative estimate of drug-likeness (QED) is 0.509. The van der Waals surface area contributed by atoms with Crippen molar-refractivity contribution in [2.24, 2.45) is 10.9 Å². The van der Waals surface area contributed by atoms with Crippen molar-refractivity contribution in [1.82, 2.24) is 0 Å². The summed E-state index contributed by atoms with van der Waals surface area (Å²) in [6.45, 7) is 4.24. The van der Waals surface area contributed by atoms with Crippen molar-refractivity contribution in [3.05, 3.63) is 24.8 Å². The van der Waals surface area contributed by atoms with Gasteiger partial charge in [-0.2, -0.15) is 0 Å². The summed E-state index contributed by atoms with van der Waals surface area (Å²) in [5.41, 5.74) is 0.702. The van der Waals surface area contributed by atoms with Crippen LogP contribution in [0.3, 0.4) is 0 Å². The lowest BCUT2D eigenvalue weighted by molar-refractivity contribution is 0.251. The van der Waals surface area contributed by atoms with Gasteiger partial charge in [0.25, 0.3) is 0 Å². The van der Waals surface area contributed by atoms with Crippen LogP contribution in [-0.4, -0.2) is 29.1 Å². The maximum atomic E-state index is 9.92. The molecule has 0 aliphatic rings. The molecule has 5 heteroatoms. The summed E-state index contributed by atoms with van der Waals surface area (Å²) in [7, 11) is 0. The molecule has 1 atom stereocenters. The number of nitrogens with zero attached hydrogens (tertiary/aromatic N) is 1. The Labute approximate surface area is 135 Å². The van der Waals surface area contributed by atoms with E-state index in [2.05, 4.69) is 64.0 Å². The van der Waals surface area contributed by atoms with Crippen LogP contribution in [0.5, 0.6) is 5.75 Å². The maximum absolute atomic E-state index is 9.92. The summed E-state index contributed by atoms with van der Waals surface area (Å²) in [6.07, 6.45) is 2.50. The predicted molar refractivity (Wildman–Crippen MR) is 91.5 cm³/mol. The van der Waals surface area contributed by atoms with E-state index in [4.69, 9.17) is 0 Å². The normalized spacial score (nSPS) is 13.4. The average molecular weight is 473 g/mol. The molecule has 0 saturated heterocycles. The van der Waals surface area contributed by atoms with Crippen molar-refractivity contribution in [1.29, 1.82) is 0 Å². The first kappa shape index (κ1) is 16.2. The van der Waals surface area contributed by atoms with Crippen molar-refractivity contribution < 1.29 is 10.2 Å². The topological polar surface area (TPSA) is 52.8 Å². The van der Waals surface area contributed by atoms with E-state index in [0.29, 0.717) is 11.5 Å². The van der Waals surface area contributed by atoms with Crippen LogP contribution in [0.25, 0.3) is 0 Å². The van der Waals surface area contributed by atoms with Gasteiger partial charge in [-0.15, -0.1) is 0 Å². The highest BCUT2D eigenvalue weighted by molar-refractivity contribution is 14.1. The SMILES string of the molecule is CC(C)C[C@H](CO)/N=C/c1cc(I)cc(I)c1O. The molecule has 0 aliphatic heterocycles. The maximum Gasteiger partial charge on any atom is 0.137 e. The van der Waals surface area contributed by atoms with Crippen molar-refractivity contribution >= 4 is 51.4 Å². The third-order valence-corrected chi connectivity index (χ3v) is 3.88. The molecule has 0 spiro atoms. The standard InChI is InChI=1S/C13H17I2NO2/c1-8(2)3-11(7-17)16-6-9-4-10(14)5-12(15)13(9)18/h4-6,8,11,17-18H,3,7H2,1-2H3/b16-6+/t11-/m1/s1. The third kappa shape index (κ3) is 5.00. The van der Waals surface area contributed by atoms with Crippen molar-refractivity contribution in [3.8, 4) is 5.75 Å². The fourth-order valence-electron chi connectivity index (χ4n) is 1.60. The minimum absolute atomic E-state index is 0.0382. The summed E-state index contributed by atoms with van der Waals surface area (Å²) in [4.78, 5) is 4.35. The zero-order chi connectivity index (χ0) is 13.7. The molecule has 1 aromatic rings. The smallest absolute Gasteiger partial charge is 0.137 e. The number of halogens is 2. The Morgan fingerprint density at radius 1 is 1.33 bits per heavy atom. The fraction of sp³-hybridized carbons (Fsp3) is 0.462. The number of aliphatic imine (C=N–C) groups is 1. The molecule has 0 unspecified atom stereocenters. The molecule has 100 valence electrons. The van der Waals surface area contributed by atoms with Crippen molar-refractivity contribution in [2.75, 3.05) is 6.61 Å². The van der Waals surface area contributed by atoms with E-state index in [1.165, 1.54) is 0 Å². The largest absolute Gasteiger partial charge is 0.506 e. The molecule has 0 amide bonds. The van der Waals surface area contributed by atoms with E-state index in [0.717, 1.165) is 13.6 Å². The molecular weight excluding hydrogens is 456 g/mol. The summed E-state index contributed by atoms with van der Waals surface area (Å²) in [6, 6.07) is 3.69. The molecule has 1 aromatic carbocycles. The molecule has 0 aliphatic carbocycles. The molecule has 2 N–H and O–H groups in total. The molecule has 0 heterocycles. The highest BCUT2D eigenvalue weighted by Crippen LogP contribution is 2.25. The predicted octanol–water partition coefficient (Wildman–Crippen LogP) is 3.43. The van der Waals surface area contributed by atoms with Gasteiger partial charge in [0.15, 0.2) is 0 Å². The first-order chi connectivity index (χ1) is 8.43. The number of phenols is 1. The minimum atomic E-state index is -0.0973. The Kier molecular flexibility index (Phi) is 6.86. The number of phenolic OH excluding ortho intramolecular Hbond substituents is 1. The van der Waals surface area contributed by atoms with Crippen LogP contribution in [0, 0.1) is 13.1 Å². The molecule has 3 nitrogen and oxygen atoms in total. The highest BCUT2D eigenvalue weighted by Gasteiger charge is 2.09. The monoisotopic (exact) mass is 473 g/mol. The van der Waals surface area contributed by atoms with E-state index < -0.39 is 0 Å². The van der Waals surface area contributed by atoms with E-state index in [1.54, 1.807) is 6.21 Å². The summed E-state index contributed by atoms with van der Waals surface area (Å²) < 4.78 is 1.87. The molecule has 0 fully saturated rings. The highest BCUT2D eigenvalue weighted by atomic mass is 127. The van der Waals surface area contributed by atoms with Gasteiger partial charge in [-0.05, 0) is 69.7 Å². The van der Waals surface area contributed by atoms with Gasteiger partial charge in [-0.3, -0.25) is 4.99 Å². The van der Waals surface area contributed by atoms with Gasteiger partial charge in [0.2, 0.25) is 0 Å². The lowest BCUT2D eigenvalue weighted by Gasteiger charge is -2.11. The number of aliphatic hydroxyl groups excluding tert-OH is 1. The number of aliphatic hydroxyl groups is 1. The van der Waals surface area contributed by atoms with E-state index in [-0.39, 0.29) is 18.4 Å². The van der Waals surface area contributed by atoms with Gasteiger partial charge in [-0.25, -0.2) is 0 Å². The first-order valence-corrected chi connectivity index (χ1v) is 7.91. The van der Waals surface area contributed by atoms with E-state index >= 15 is 0 Å². The second kappa shape index (κ2) is 7.64. The number of aromatic hydroxyl groups is 1. The van der Waals surface area contributed by atoms with E-state index in [9.17, 15) is 10.2 Å². The van der Waals surface area contributed by atoms with Crippen molar-refractivity contribution in [2.45, 2.75) is 26.3 Å². The Bertz CT molecular complexity index is 433. The summed E-state index contributed by atoms with van der Waals surface area (Å²) >= 11 is 4.30. The van der Waals surface area contributed by atoms with Crippen LogP contribution in [0.15, 0.2) is 17.1 Å². The van der Waals surface area contributed by atoms with Crippen molar-refractivity contribution in [3.63, 3.8) is 0 Å². The van der Waals surface area contributed by atoms with Crippen LogP contribution >= 0.6 is 45.2 Å². The molecule has 0 saturated carbocycles. The zero-order valence-electron chi connectivity index (χ0n) is 10.4. The number of hydrogen-bond donors (Lipinski definition) is 2. The Balaban J connectivity index is 2.89. The summed E-state index contributed by atoms with van der Waals surface area (Å²) in [5, 5.41) is 19.2. The lowest BCUT2D eigenvalue weighted by Crippen LogP contribution is -2.13. The average Bonchev–Trinajstić information content (AvgIpc) is 2.29. The van der Waals surface area contributed by atoms with Gasteiger partial charge in [0.05, 0.1) is 16.2 Å². The summed E-state index contributed by atoms with van der Waals surface area (Å²) in [5.74, 6) is 0.741. The van der Waals surface area contributed by atoms with Gasteiger partial charge in [0.1, 0.15) is 5.75 Å². The Hall–Kier alpha value is 0.110. The molecule has 1 rings (SSSR count). The zero-order valence-corrected chi connectivity index (χ0v) is 14.7. The molecular formula is C13H17I2NO2. The van der Waals surface area contributed by atoms with Crippen LogP contribution in [0.4, 0.5) is 0 Å². The third-order valence-electron chi connectivity index (χ3n) is 2.44. The van der Waals surface area contributed by atoms with Gasteiger partial charge in [-0.1, -0.05) is 13.8 Å². The second-order valence-corrected chi connectivity index (χ2v) is 6.98. The lowest BCUT2D eigenvalue weighted by atomic mass is 10.1. The van der Waals surface area contributed by atoms with Crippen LogP contribution in [-0.2, 0) is 0 Å². The molecule has 18 heavy (non-hydrogen) atoms. The number of rotatable bonds is 5. The molecule has 0 bridgehead atoms. The first-order valence-electron chi connectivity index (χ1n) is 5.76. The fourth-order valence-corrected chi connectivity index (χ4v) is 3.49. The van der Waals surface area contributed by atoms with E-state index in [1.807, 2.05) is 12.1 Å². The minimum Gasteiger partial charge on any atom is -0.506 e. The van der Waals surface area contributed by atoms with Gasteiger partial charge in [0, 0.05) is 15.3 Å². The number of benzene rings is 1. The molecule has 0 radical (unpaired) electrons.